The van der Waals surface area contributed by atoms with Crippen LogP contribution in [0.25, 0.3) is 11.4 Å². The number of primary amides is 1. The second-order valence-corrected chi connectivity index (χ2v) is 6.49. The lowest BCUT2D eigenvalue weighted by Crippen LogP contribution is -2.11. The quantitative estimate of drug-likeness (QED) is 0.441. The molecule has 0 saturated heterocycles. The fourth-order valence-corrected chi connectivity index (χ4v) is 2.80. The van der Waals surface area contributed by atoms with Crippen LogP contribution in [0.5, 0.6) is 11.5 Å². The summed E-state index contributed by atoms with van der Waals surface area (Å²) in [6, 6.07) is 19.8. The molecule has 1 heterocycles. The number of benzene rings is 3. The summed E-state index contributed by atoms with van der Waals surface area (Å²) in [6.45, 7) is 0. The molecule has 0 saturated carbocycles. The van der Waals surface area contributed by atoms with E-state index in [0.29, 0.717) is 33.9 Å². The number of nitrogens with one attached hydrogen (secondary N) is 2. The van der Waals surface area contributed by atoms with E-state index in [1.54, 1.807) is 72.8 Å². The van der Waals surface area contributed by atoms with Gasteiger partial charge in [-0.25, -0.2) is 4.79 Å². The second kappa shape index (κ2) is 8.37. The molecular weight excluding hydrogens is 400 g/mol. The van der Waals surface area contributed by atoms with E-state index >= 15 is 0 Å². The maximum absolute atomic E-state index is 12.5. The van der Waals surface area contributed by atoms with Crippen molar-refractivity contribution in [1.82, 2.24) is 10.1 Å². The Balaban J connectivity index is 1.42. The Bertz CT molecular complexity index is 1290. The van der Waals surface area contributed by atoms with Gasteiger partial charge in [-0.1, -0.05) is 17.3 Å². The van der Waals surface area contributed by atoms with E-state index in [2.05, 4.69) is 20.0 Å². The first-order valence-electron chi connectivity index (χ1n) is 9.13. The van der Waals surface area contributed by atoms with Crippen molar-refractivity contribution < 1.29 is 18.8 Å². The second-order valence-electron chi connectivity index (χ2n) is 6.49. The predicted octanol–water partition coefficient (Wildman–Crippen LogP) is 3.17. The van der Waals surface area contributed by atoms with Crippen LogP contribution < -0.4 is 21.5 Å². The topological polar surface area (TPSA) is 140 Å². The molecule has 0 bridgehead atoms. The van der Waals surface area contributed by atoms with Crippen molar-refractivity contribution in [2.75, 3.05) is 5.32 Å². The minimum Gasteiger partial charge on any atom is -0.457 e. The van der Waals surface area contributed by atoms with Crippen LogP contribution in [0.3, 0.4) is 0 Å². The Hall–Kier alpha value is -4.66. The summed E-state index contributed by atoms with van der Waals surface area (Å²) in [5.41, 5.74) is 7.15. The number of nitrogens with zero attached hydrogens (tertiary/aromatic N) is 1. The van der Waals surface area contributed by atoms with Gasteiger partial charge in [0.05, 0.1) is 0 Å². The van der Waals surface area contributed by atoms with Gasteiger partial charge in [-0.3, -0.25) is 19.1 Å². The van der Waals surface area contributed by atoms with Gasteiger partial charge in [-0.15, -0.1) is 0 Å². The van der Waals surface area contributed by atoms with Crippen LogP contribution in [0.15, 0.2) is 82.1 Å². The third-order valence-corrected chi connectivity index (χ3v) is 4.33. The van der Waals surface area contributed by atoms with Gasteiger partial charge in [0.15, 0.2) is 5.82 Å². The molecule has 9 nitrogen and oxygen atoms in total. The van der Waals surface area contributed by atoms with Crippen molar-refractivity contribution in [2.24, 2.45) is 5.73 Å². The largest absolute Gasteiger partial charge is 0.457 e. The summed E-state index contributed by atoms with van der Waals surface area (Å²) in [6.07, 6.45) is 0. The van der Waals surface area contributed by atoms with Gasteiger partial charge < -0.3 is 15.8 Å². The Labute approximate surface area is 175 Å². The molecule has 9 heteroatoms. The van der Waals surface area contributed by atoms with Crippen molar-refractivity contribution in [1.29, 1.82) is 0 Å². The van der Waals surface area contributed by atoms with Crippen molar-refractivity contribution in [3.05, 3.63) is 94.5 Å². The van der Waals surface area contributed by atoms with E-state index in [0.717, 1.165) is 0 Å². The lowest BCUT2D eigenvalue weighted by atomic mass is 10.1. The maximum Gasteiger partial charge on any atom is 0.439 e. The number of anilines is 1. The molecule has 0 spiro atoms. The van der Waals surface area contributed by atoms with Crippen LogP contribution in [0, 0.1) is 0 Å². The first-order chi connectivity index (χ1) is 15.0. The molecule has 0 aliphatic rings. The highest BCUT2D eigenvalue weighted by atomic mass is 16.5. The number of hydrogen-bond donors (Lipinski definition) is 3. The molecule has 0 radical (unpaired) electrons. The van der Waals surface area contributed by atoms with Gasteiger partial charge in [0.2, 0.25) is 5.91 Å². The number of rotatable bonds is 6. The third-order valence-electron chi connectivity index (χ3n) is 4.33. The Kier molecular flexibility index (Phi) is 5.31. The van der Waals surface area contributed by atoms with Crippen LogP contribution in [0.2, 0.25) is 0 Å². The van der Waals surface area contributed by atoms with E-state index in [-0.39, 0.29) is 11.7 Å². The molecule has 0 atom stereocenters. The highest BCUT2D eigenvalue weighted by molar-refractivity contribution is 6.04. The molecule has 0 aliphatic carbocycles. The van der Waals surface area contributed by atoms with Gasteiger partial charge in [-0.05, 0) is 60.7 Å². The van der Waals surface area contributed by atoms with E-state index < -0.39 is 11.7 Å². The highest BCUT2D eigenvalue weighted by Crippen LogP contribution is 2.23. The summed E-state index contributed by atoms with van der Waals surface area (Å²) in [5.74, 6) is -0.155. The SMILES string of the molecule is NC(=O)c1ccc(Oc2ccc(C(=O)Nc3cccc(-c4noc(=O)[nH]4)c3)cc2)cc1. The average Bonchev–Trinajstić information content (AvgIpc) is 3.21. The molecule has 4 aromatic rings. The smallest absolute Gasteiger partial charge is 0.439 e. The fourth-order valence-electron chi connectivity index (χ4n) is 2.80. The normalized spacial score (nSPS) is 10.5. The summed E-state index contributed by atoms with van der Waals surface area (Å²) in [7, 11) is 0. The van der Waals surface area contributed by atoms with Crippen LogP contribution in [0.1, 0.15) is 20.7 Å². The molecule has 154 valence electrons. The summed E-state index contributed by atoms with van der Waals surface area (Å²) < 4.78 is 10.2. The maximum atomic E-state index is 12.5. The molecule has 31 heavy (non-hydrogen) atoms. The number of hydrogen-bond acceptors (Lipinski definition) is 6. The first-order valence-corrected chi connectivity index (χ1v) is 9.13. The summed E-state index contributed by atoms with van der Waals surface area (Å²) in [4.78, 5) is 37.2. The van der Waals surface area contributed by atoms with Crippen LogP contribution in [-0.2, 0) is 0 Å². The van der Waals surface area contributed by atoms with E-state index in [1.165, 1.54) is 0 Å². The Morgan fingerprint density at radius 1 is 0.935 bits per heavy atom. The molecule has 1 aromatic heterocycles. The fraction of sp³-hybridized carbons (Fsp3) is 0. The Morgan fingerprint density at radius 2 is 1.58 bits per heavy atom. The van der Waals surface area contributed by atoms with Crippen molar-refractivity contribution in [3.8, 4) is 22.9 Å². The lowest BCUT2D eigenvalue weighted by molar-refractivity contribution is 0.0997. The molecule has 3 aromatic carbocycles. The molecule has 4 N–H and O–H groups in total. The Morgan fingerprint density at radius 3 is 2.16 bits per heavy atom. The molecule has 0 aliphatic heterocycles. The molecule has 4 rings (SSSR count). The molecule has 2 amide bonds. The number of amides is 2. The van der Waals surface area contributed by atoms with Gasteiger partial charge >= 0.3 is 5.76 Å². The van der Waals surface area contributed by atoms with Gasteiger partial charge in [-0.2, -0.15) is 0 Å². The van der Waals surface area contributed by atoms with Crippen LogP contribution >= 0.6 is 0 Å². The van der Waals surface area contributed by atoms with E-state index in [4.69, 9.17) is 10.5 Å². The number of nitrogens with two attached hydrogens (primary N) is 1. The molecule has 0 fully saturated rings. The number of ether oxygens (including phenoxy) is 1. The van der Waals surface area contributed by atoms with Crippen molar-refractivity contribution >= 4 is 17.5 Å². The van der Waals surface area contributed by atoms with Crippen molar-refractivity contribution in [3.63, 3.8) is 0 Å². The van der Waals surface area contributed by atoms with Gasteiger partial charge in [0, 0.05) is 22.4 Å². The number of carbonyl (C=O) groups excluding carboxylic acids is 2. The zero-order chi connectivity index (χ0) is 21.8. The van der Waals surface area contributed by atoms with Gasteiger partial charge in [0.25, 0.3) is 5.91 Å². The minimum atomic E-state index is -0.657. The van der Waals surface area contributed by atoms with E-state index in [9.17, 15) is 14.4 Å². The summed E-state index contributed by atoms with van der Waals surface area (Å²) in [5, 5.41) is 6.42. The number of aromatic nitrogens is 2. The first kappa shape index (κ1) is 19.6. The summed E-state index contributed by atoms with van der Waals surface area (Å²) >= 11 is 0. The zero-order valence-electron chi connectivity index (χ0n) is 16.0. The number of H-pyrrole nitrogens is 1. The number of carbonyl (C=O) groups is 2. The van der Waals surface area contributed by atoms with Crippen LogP contribution in [-0.4, -0.2) is 22.0 Å². The standard InChI is InChI=1S/C22H16N4O5/c23-19(27)13-4-8-17(9-5-13)30-18-10-6-14(7-11-18)21(28)24-16-3-1-2-15(12-16)20-25-22(29)31-26-20/h1-12H,(H2,23,27)(H,24,28)(H,25,26,29). The molecule has 0 unspecified atom stereocenters. The monoisotopic (exact) mass is 416 g/mol. The third kappa shape index (κ3) is 4.67. The van der Waals surface area contributed by atoms with Gasteiger partial charge in [0.1, 0.15) is 11.5 Å². The van der Waals surface area contributed by atoms with E-state index in [1.807, 2.05) is 0 Å². The predicted molar refractivity (Wildman–Crippen MR) is 112 cm³/mol. The average molecular weight is 416 g/mol. The lowest BCUT2D eigenvalue weighted by Gasteiger charge is -2.09. The highest BCUT2D eigenvalue weighted by Gasteiger charge is 2.10. The zero-order valence-corrected chi connectivity index (χ0v) is 16.0. The number of aromatic amines is 1. The molecular formula is C22H16N4O5. The minimum absolute atomic E-state index is 0.270. The van der Waals surface area contributed by atoms with Crippen LogP contribution in [0.4, 0.5) is 5.69 Å². The van der Waals surface area contributed by atoms with Crippen molar-refractivity contribution in [2.45, 2.75) is 0 Å².